The van der Waals surface area contributed by atoms with Gasteiger partial charge in [0.15, 0.2) is 4.90 Å². The van der Waals surface area contributed by atoms with Crippen molar-refractivity contribution in [3.63, 3.8) is 0 Å². The summed E-state index contributed by atoms with van der Waals surface area (Å²) in [4.78, 5) is 22.1. The molecule has 0 saturated heterocycles. The summed E-state index contributed by atoms with van der Waals surface area (Å²) in [7, 11) is 0. The van der Waals surface area contributed by atoms with Gasteiger partial charge in [0, 0.05) is 34.9 Å². The van der Waals surface area contributed by atoms with Crippen LogP contribution in [0.3, 0.4) is 0 Å². The van der Waals surface area contributed by atoms with E-state index in [9.17, 15) is 9.35 Å². The van der Waals surface area contributed by atoms with E-state index in [-0.39, 0.29) is 5.91 Å². The van der Waals surface area contributed by atoms with Crippen molar-refractivity contribution in [2.45, 2.75) is 11.4 Å². The molecule has 150 valence electrons. The Morgan fingerprint density at radius 3 is 2.67 bits per heavy atom. The van der Waals surface area contributed by atoms with E-state index in [1.54, 1.807) is 30.9 Å². The first kappa shape index (κ1) is 20.3. The van der Waals surface area contributed by atoms with Crippen LogP contribution in [0.2, 0.25) is 5.02 Å². The van der Waals surface area contributed by atoms with Gasteiger partial charge in [0.1, 0.15) is 6.26 Å². The van der Waals surface area contributed by atoms with Gasteiger partial charge >= 0.3 is 0 Å². The predicted octanol–water partition coefficient (Wildman–Crippen LogP) is 4.62. The topological polar surface area (TPSA) is 77.9 Å². The minimum Gasteiger partial charge on any atom is -0.612 e. The van der Waals surface area contributed by atoms with Crippen LogP contribution in [-0.2, 0) is 17.7 Å². The molecule has 1 atom stereocenters. The van der Waals surface area contributed by atoms with Crippen LogP contribution >= 0.6 is 11.6 Å². The van der Waals surface area contributed by atoms with E-state index in [0.29, 0.717) is 22.6 Å². The average molecular weight is 436 g/mol. The zero-order valence-corrected chi connectivity index (χ0v) is 17.7. The maximum absolute atomic E-state index is 12.7. The molecule has 7 heteroatoms. The lowest BCUT2D eigenvalue weighted by atomic mass is 10.0. The zero-order valence-electron chi connectivity index (χ0n) is 16.1. The largest absolute Gasteiger partial charge is 0.612 e. The second-order valence-electron chi connectivity index (χ2n) is 6.77. The number of pyridine rings is 2. The lowest BCUT2D eigenvalue weighted by molar-refractivity contribution is 0.0950. The molecule has 2 aromatic heterocycles. The molecule has 30 heavy (non-hydrogen) atoms. The Morgan fingerprint density at radius 2 is 1.90 bits per heavy atom. The van der Waals surface area contributed by atoms with Gasteiger partial charge in [0.2, 0.25) is 0 Å². The van der Waals surface area contributed by atoms with Gasteiger partial charge in [-0.1, -0.05) is 35.9 Å². The number of rotatable bonds is 5. The maximum Gasteiger partial charge on any atom is 0.253 e. The first-order valence-electron chi connectivity index (χ1n) is 9.21. The summed E-state index contributed by atoms with van der Waals surface area (Å²) in [6.45, 7) is 0.336. The van der Waals surface area contributed by atoms with E-state index in [2.05, 4.69) is 15.3 Å². The quantitative estimate of drug-likeness (QED) is 0.464. The molecule has 4 rings (SSSR count). The minimum atomic E-state index is -1.06. The zero-order chi connectivity index (χ0) is 21.1. The highest BCUT2D eigenvalue weighted by Crippen LogP contribution is 2.28. The molecule has 0 aliphatic carbocycles. The molecule has 1 unspecified atom stereocenters. The molecule has 5 nitrogen and oxygen atoms in total. The number of nitrogens with one attached hydrogen (secondary N) is 1. The van der Waals surface area contributed by atoms with Crippen LogP contribution in [0.15, 0.2) is 78.1 Å². The lowest BCUT2D eigenvalue weighted by Crippen LogP contribution is -2.23. The average Bonchev–Trinajstić information content (AvgIpc) is 2.77. The highest BCUT2D eigenvalue weighted by molar-refractivity contribution is 7.90. The molecule has 0 fully saturated rings. The molecule has 2 aromatic carbocycles. The smallest absolute Gasteiger partial charge is 0.253 e. The van der Waals surface area contributed by atoms with Crippen LogP contribution in [0.5, 0.6) is 0 Å². The van der Waals surface area contributed by atoms with Crippen molar-refractivity contribution in [3.05, 3.63) is 89.3 Å². The van der Waals surface area contributed by atoms with E-state index in [4.69, 9.17) is 11.6 Å². The fraction of sp³-hybridized carbons (Fsp3) is 0.0870. The molecular weight excluding hydrogens is 418 g/mol. The molecule has 1 amide bonds. The van der Waals surface area contributed by atoms with Gasteiger partial charge < -0.3 is 9.87 Å². The fourth-order valence-electron chi connectivity index (χ4n) is 3.15. The molecule has 0 bridgehead atoms. The third kappa shape index (κ3) is 4.46. The Bertz CT molecular complexity index is 1210. The number of aromatic nitrogens is 2. The summed E-state index contributed by atoms with van der Waals surface area (Å²) in [6.07, 6.45) is 6.60. The Kier molecular flexibility index (Phi) is 5.99. The number of nitrogens with zero attached hydrogens (tertiary/aromatic N) is 2. The van der Waals surface area contributed by atoms with E-state index in [0.717, 1.165) is 27.0 Å². The molecule has 0 saturated carbocycles. The van der Waals surface area contributed by atoms with Gasteiger partial charge in [-0.25, -0.2) is 0 Å². The minimum absolute atomic E-state index is 0.230. The van der Waals surface area contributed by atoms with Crippen molar-refractivity contribution in [2.24, 2.45) is 0 Å². The summed E-state index contributed by atoms with van der Waals surface area (Å²) < 4.78 is 11.7. The number of amides is 1. The van der Waals surface area contributed by atoms with Crippen molar-refractivity contribution in [2.75, 3.05) is 6.26 Å². The Labute approximate surface area is 182 Å². The van der Waals surface area contributed by atoms with Crippen LogP contribution in [-0.4, -0.2) is 26.7 Å². The fourth-order valence-corrected chi connectivity index (χ4v) is 3.86. The normalized spacial score (nSPS) is 12.0. The number of hydrogen-bond donors (Lipinski definition) is 1. The Balaban J connectivity index is 1.60. The number of hydrogen-bond acceptors (Lipinski definition) is 4. The van der Waals surface area contributed by atoms with E-state index >= 15 is 0 Å². The van der Waals surface area contributed by atoms with Crippen LogP contribution in [0, 0.1) is 0 Å². The van der Waals surface area contributed by atoms with Crippen molar-refractivity contribution in [3.8, 4) is 11.1 Å². The Morgan fingerprint density at radius 1 is 1.10 bits per heavy atom. The van der Waals surface area contributed by atoms with Crippen molar-refractivity contribution in [1.82, 2.24) is 15.3 Å². The summed E-state index contributed by atoms with van der Waals surface area (Å²) in [5.74, 6) is -0.230. The van der Waals surface area contributed by atoms with Gasteiger partial charge in [-0.2, -0.15) is 0 Å². The third-order valence-corrected chi connectivity index (χ3v) is 5.88. The van der Waals surface area contributed by atoms with E-state index in [1.807, 2.05) is 48.5 Å². The summed E-state index contributed by atoms with van der Waals surface area (Å²) >= 11 is 4.93. The number of carbonyl (C=O) groups excluding carboxylic acids is 1. The molecule has 4 aromatic rings. The Hall–Kier alpha value is -2.93. The molecule has 0 spiro atoms. The van der Waals surface area contributed by atoms with Crippen LogP contribution in [0.1, 0.15) is 15.9 Å². The second-order valence-corrected chi connectivity index (χ2v) is 8.58. The number of benzene rings is 2. The summed E-state index contributed by atoms with van der Waals surface area (Å²) in [5, 5.41) is 4.39. The molecule has 0 radical (unpaired) electrons. The highest BCUT2D eigenvalue weighted by atomic mass is 35.5. The second kappa shape index (κ2) is 8.83. The standard InChI is InChI=1S/C23H18ClN3O2S/c1-30(29)19-4-2-3-15(9-19)11-27-23(28)17-10-20-21(13-25-14-22(20)26-12-17)16-5-7-18(24)8-6-16/h2-10,12-14H,11H2,1H3,(H,27,28). The van der Waals surface area contributed by atoms with Gasteiger partial charge in [-0.15, -0.1) is 0 Å². The number of carbonyl (C=O) groups is 1. The van der Waals surface area contributed by atoms with Crippen LogP contribution in [0.4, 0.5) is 0 Å². The van der Waals surface area contributed by atoms with Gasteiger partial charge in [-0.3, -0.25) is 14.8 Å². The van der Waals surface area contributed by atoms with Crippen LogP contribution < -0.4 is 5.32 Å². The van der Waals surface area contributed by atoms with Crippen molar-refractivity contribution in [1.29, 1.82) is 0 Å². The third-order valence-electron chi connectivity index (χ3n) is 4.71. The molecule has 1 N–H and O–H groups in total. The summed E-state index contributed by atoms with van der Waals surface area (Å²) in [6, 6.07) is 16.6. The lowest BCUT2D eigenvalue weighted by Gasteiger charge is -2.10. The number of fused-ring (bicyclic) bond motifs is 1. The molecule has 0 aliphatic rings. The van der Waals surface area contributed by atoms with E-state index < -0.39 is 11.2 Å². The first-order valence-corrected chi connectivity index (χ1v) is 11.1. The van der Waals surface area contributed by atoms with Crippen molar-refractivity contribution < 1.29 is 9.35 Å². The molecule has 2 heterocycles. The molecule has 0 aliphatic heterocycles. The van der Waals surface area contributed by atoms with Gasteiger partial charge in [0.05, 0.1) is 17.3 Å². The summed E-state index contributed by atoms with van der Waals surface area (Å²) in [5.41, 5.74) is 3.87. The van der Waals surface area contributed by atoms with Gasteiger partial charge in [-0.05, 0) is 52.6 Å². The predicted molar refractivity (Wildman–Crippen MR) is 120 cm³/mol. The monoisotopic (exact) mass is 435 g/mol. The maximum atomic E-state index is 12.7. The van der Waals surface area contributed by atoms with Crippen LogP contribution in [0.25, 0.3) is 22.0 Å². The van der Waals surface area contributed by atoms with E-state index in [1.165, 1.54) is 0 Å². The first-order chi connectivity index (χ1) is 14.5. The number of halogens is 1. The van der Waals surface area contributed by atoms with Crippen molar-refractivity contribution >= 4 is 39.6 Å². The molecular formula is C23H18ClN3O2S. The van der Waals surface area contributed by atoms with Gasteiger partial charge in [0.25, 0.3) is 5.91 Å². The highest BCUT2D eigenvalue weighted by Gasteiger charge is 2.12. The SMILES string of the molecule is C[S+]([O-])c1cccc(CNC(=O)c2cnc3cncc(-c4ccc(Cl)cc4)c3c2)c1.